The van der Waals surface area contributed by atoms with Crippen LogP contribution in [0.2, 0.25) is 0 Å². The lowest BCUT2D eigenvalue weighted by Gasteiger charge is -2.32. The maximum absolute atomic E-state index is 13.0. The lowest BCUT2D eigenvalue weighted by Crippen LogP contribution is -2.39. The van der Waals surface area contributed by atoms with Gasteiger partial charge in [-0.05, 0) is 42.3 Å². The summed E-state index contributed by atoms with van der Waals surface area (Å²) in [6.07, 6.45) is 0.475. The Morgan fingerprint density at radius 2 is 1.97 bits per heavy atom. The molecule has 3 aromatic rings. The average Bonchev–Trinajstić information content (AvgIpc) is 3.21. The van der Waals surface area contributed by atoms with Crippen LogP contribution in [0.4, 0.5) is 10.1 Å². The van der Waals surface area contributed by atoms with Crippen LogP contribution in [0.25, 0.3) is 0 Å². The molecular formula is C21H18FN3O3S. The second-order valence-electron chi connectivity index (χ2n) is 6.63. The van der Waals surface area contributed by atoms with Crippen molar-refractivity contribution in [2.45, 2.75) is 18.9 Å². The van der Waals surface area contributed by atoms with Gasteiger partial charge in [-0.15, -0.1) is 11.3 Å². The van der Waals surface area contributed by atoms with Crippen molar-refractivity contribution in [1.29, 1.82) is 0 Å². The topological polar surface area (TPSA) is 85.5 Å². The number of nitrogens with two attached hydrogens (primary N) is 1. The third-order valence-corrected chi connectivity index (χ3v) is 5.60. The number of hydrogen-bond donors (Lipinski definition) is 1. The minimum atomic E-state index is -0.398. The molecule has 0 fully saturated rings. The number of hydrogen-bond acceptors (Lipinski definition) is 5. The van der Waals surface area contributed by atoms with E-state index < -0.39 is 11.8 Å². The first-order valence-corrected chi connectivity index (χ1v) is 9.94. The minimum Gasteiger partial charge on any atom is -0.486 e. The number of aromatic nitrogens is 1. The molecule has 0 radical (unpaired) electrons. The summed E-state index contributed by atoms with van der Waals surface area (Å²) < 4.78 is 18.5. The lowest BCUT2D eigenvalue weighted by atomic mass is 9.89. The second-order valence-corrected chi connectivity index (χ2v) is 7.57. The van der Waals surface area contributed by atoms with Gasteiger partial charge in [-0.2, -0.15) is 0 Å². The largest absolute Gasteiger partial charge is 0.486 e. The van der Waals surface area contributed by atoms with E-state index in [-0.39, 0.29) is 18.3 Å². The predicted octanol–water partition coefficient (Wildman–Crippen LogP) is 3.48. The number of carbonyl (C=O) groups excluding carboxylic acids is 2. The number of amides is 2. The van der Waals surface area contributed by atoms with E-state index >= 15 is 0 Å². The van der Waals surface area contributed by atoms with Gasteiger partial charge < -0.3 is 15.4 Å². The lowest BCUT2D eigenvalue weighted by molar-refractivity contribution is -0.119. The average molecular weight is 411 g/mol. The SMILES string of the molecule is NC(=O)[C@H]1CCN(C(=O)c2csc(COc3ccc(F)cc3)n2)c2ccccc21. The fraction of sp³-hybridized carbons (Fsp3) is 0.190. The highest BCUT2D eigenvalue weighted by atomic mass is 32.1. The number of halogens is 1. The summed E-state index contributed by atoms with van der Waals surface area (Å²) >= 11 is 1.32. The maximum Gasteiger partial charge on any atom is 0.277 e. The summed E-state index contributed by atoms with van der Waals surface area (Å²) in [5.74, 6) is -0.828. The van der Waals surface area contributed by atoms with Crippen molar-refractivity contribution < 1.29 is 18.7 Å². The molecule has 29 heavy (non-hydrogen) atoms. The molecule has 0 saturated heterocycles. The predicted molar refractivity (Wildman–Crippen MR) is 108 cm³/mol. The van der Waals surface area contributed by atoms with E-state index in [4.69, 9.17) is 10.5 Å². The van der Waals surface area contributed by atoms with Gasteiger partial charge in [0.1, 0.15) is 28.9 Å². The maximum atomic E-state index is 13.0. The fourth-order valence-corrected chi connectivity index (χ4v) is 4.04. The molecule has 0 unspecified atom stereocenters. The number of primary amides is 1. The van der Waals surface area contributed by atoms with Crippen LogP contribution in [0.1, 0.15) is 33.4 Å². The monoisotopic (exact) mass is 411 g/mol. The molecule has 1 atom stereocenters. The first kappa shape index (κ1) is 19.1. The summed E-state index contributed by atoms with van der Waals surface area (Å²) in [6.45, 7) is 0.576. The van der Waals surface area contributed by atoms with Crippen LogP contribution in [0.5, 0.6) is 5.75 Å². The van der Waals surface area contributed by atoms with Gasteiger partial charge in [-0.1, -0.05) is 18.2 Å². The Kier molecular flexibility index (Phi) is 5.26. The molecule has 4 rings (SSSR count). The third-order valence-electron chi connectivity index (χ3n) is 4.78. The standard InChI is InChI=1S/C21H18FN3O3S/c22-13-5-7-14(8-6-13)28-11-19-24-17(12-29-19)21(27)25-10-9-16(20(23)26)15-3-1-2-4-18(15)25/h1-8,12,16H,9-11H2,(H2,23,26)/t16-/m0/s1. The highest BCUT2D eigenvalue weighted by Crippen LogP contribution is 2.35. The number of nitrogens with zero attached hydrogens (tertiary/aromatic N) is 2. The fourth-order valence-electron chi connectivity index (χ4n) is 3.36. The van der Waals surface area contributed by atoms with Gasteiger partial charge in [0.25, 0.3) is 5.91 Å². The molecule has 2 aromatic carbocycles. The molecule has 0 saturated carbocycles. The molecule has 0 bridgehead atoms. The minimum absolute atomic E-state index is 0.184. The van der Waals surface area contributed by atoms with Gasteiger partial charge >= 0.3 is 0 Å². The molecular weight excluding hydrogens is 393 g/mol. The molecule has 2 heterocycles. The van der Waals surface area contributed by atoms with E-state index in [1.807, 2.05) is 24.3 Å². The number of rotatable bonds is 5. The number of ether oxygens (including phenoxy) is 1. The molecule has 0 spiro atoms. The molecule has 1 aliphatic heterocycles. The molecule has 2 N–H and O–H groups in total. The van der Waals surface area contributed by atoms with Crippen LogP contribution in [-0.2, 0) is 11.4 Å². The van der Waals surface area contributed by atoms with E-state index in [1.54, 1.807) is 10.3 Å². The zero-order valence-corrected chi connectivity index (χ0v) is 16.2. The van der Waals surface area contributed by atoms with Crippen molar-refractivity contribution in [3.8, 4) is 5.75 Å². The van der Waals surface area contributed by atoms with Crippen molar-refractivity contribution in [2.75, 3.05) is 11.4 Å². The highest BCUT2D eigenvalue weighted by Gasteiger charge is 2.32. The molecule has 2 amide bonds. The van der Waals surface area contributed by atoms with Crippen LogP contribution >= 0.6 is 11.3 Å². The summed E-state index contributed by atoms with van der Waals surface area (Å²) in [4.78, 5) is 30.8. The Bertz CT molecular complexity index is 1050. The normalized spacial score (nSPS) is 15.6. The number of thiazole rings is 1. The summed E-state index contributed by atoms with van der Waals surface area (Å²) in [5.41, 5.74) is 7.28. The van der Waals surface area contributed by atoms with Gasteiger partial charge in [0.2, 0.25) is 5.91 Å². The van der Waals surface area contributed by atoms with E-state index in [2.05, 4.69) is 4.98 Å². The smallest absolute Gasteiger partial charge is 0.277 e. The summed E-state index contributed by atoms with van der Waals surface area (Å²) in [5, 5.41) is 2.33. The Balaban J connectivity index is 1.49. The molecule has 1 aliphatic rings. The Hall–Kier alpha value is -3.26. The number of carbonyl (C=O) groups is 2. The number of anilines is 1. The molecule has 0 aliphatic carbocycles. The zero-order chi connectivity index (χ0) is 20.4. The van der Waals surface area contributed by atoms with Crippen molar-refractivity contribution in [3.63, 3.8) is 0 Å². The molecule has 6 nitrogen and oxygen atoms in total. The van der Waals surface area contributed by atoms with Crippen LogP contribution in [-0.4, -0.2) is 23.3 Å². The first-order valence-electron chi connectivity index (χ1n) is 9.06. The Morgan fingerprint density at radius 3 is 2.72 bits per heavy atom. The van der Waals surface area contributed by atoms with Crippen LogP contribution < -0.4 is 15.4 Å². The van der Waals surface area contributed by atoms with Crippen LogP contribution in [0.3, 0.4) is 0 Å². The van der Waals surface area contributed by atoms with E-state index in [9.17, 15) is 14.0 Å². The van der Waals surface area contributed by atoms with Gasteiger partial charge in [-0.3, -0.25) is 9.59 Å². The molecule has 148 valence electrons. The van der Waals surface area contributed by atoms with Crippen LogP contribution in [0, 0.1) is 5.82 Å². The molecule has 1 aromatic heterocycles. The third kappa shape index (κ3) is 3.97. The highest BCUT2D eigenvalue weighted by molar-refractivity contribution is 7.09. The zero-order valence-electron chi connectivity index (χ0n) is 15.4. The van der Waals surface area contributed by atoms with Gasteiger partial charge in [0.05, 0.1) is 5.92 Å². The summed E-state index contributed by atoms with van der Waals surface area (Å²) in [6, 6.07) is 13.0. The van der Waals surface area contributed by atoms with Crippen molar-refractivity contribution in [3.05, 3.63) is 76.0 Å². The van der Waals surface area contributed by atoms with Crippen molar-refractivity contribution >= 4 is 28.8 Å². The van der Waals surface area contributed by atoms with Crippen molar-refractivity contribution in [2.24, 2.45) is 5.73 Å². The van der Waals surface area contributed by atoms with Gasteiger partial charge in [0, 0.05) is 17.6 Å². The van der Waals surface area contributed by atoms with E-state index in [0.29, 0.717) is 35.1 Å². The Labute approximate surface area is 170 Å². The number of fused-ring (bicyclic) bond motifs is 1. The number of benzene rings is 2. The van der Waals surface area contributed by atoms with Crippen LogP contribution in [0.15, 0.2) is 53.9 Å². The first-order chi connectivity index (χ1) is 14.0. The molecule has 8 heteroatoms. The second kappa shape index (κ2) is 8.00. The van der Waals surface area contributed by atoms with Gasteiger partial charge in [0.15, 0.2) is 0 Å². The van der Waals surface area contributed by atoms with Crippen molar-refractivity contribution in [1.82, 2.24) is 4.98 Å². The quantitative estimate of drug-likeness (QED) is 0.697. The van der Waals surface area contributed by atoms with Gasteiger partial charge in [-0.25, -0.2) is 9.37 Å². The summed E-state index contributed by atoms with van der Waals surface area (Å²) in [7, 11) is 0. The number of para-hydroxylation sites is 1. The van der Waals surface area contributed by atoms with E-state index in [0.717, 1.165) is 5.56 Å². The van der Waals surface area contributed by atoms with E-state index in [1.165, 1.54) is 35.6 Å². The Morgan fingerprint density at radius 1 is 1.21 bits per heavy atom.